The Morgan fingerprint density at radius 1 is 1.31 bits per heavy atom. The molecule has 142 valence electrons. The third kappa shape index (κ3) is 4.58. The Bertz CT molecular complexity index is 863. The summed E-state index contributed by atoms with van der Waals surface area (Å²) in [6.07, 6.45) is 3.13. The quantitative estimate of drug-likeness (QED) is 0.501. The standard InChI is InChI=1S/C16H24N5O4P/c1-4-24-26(23,25-5-2)13(6-7-22)8-12(3)9-21-11-20-14-15(17)18-10-19-16(14)21/h10-11,22H,4-7,9H2,1-3H3,(H2,17,18,19). The van der Waals surface area contributed by atoms with Gasteiger partial charge in [-0.25, -0.2) is 15.0 Å². The maximum absolute atomic E-state index is 13.0. The van der Waals surface area contributed by atoms with Crippen LogP contribution in [0.15, 0.2) is 29.3 Å². The first-order valence-electron chi connectivity index (χ1n) is 8.32. The molecule has 9 nitrogen and oxygen atoms in total. The SMILES string of the molecule is CCOP(=O)(OCC)C(=C=C(C)Cn1cnc2c(N)ncnc21)CCO. The molecule has 26 heavy (non-hydrogen) atoms. The van der Waals surface area contributed by atoms with Crippen LogP contribution in [-0.2, 0) is 20.2 Å². The van der Waals surface area contributed by atoms with Gasteiger partial charge < -0.3 is 24.5 Å². The van der Waals surface area contributed by atoms with Crippen LogP contribution in [0.1, 0.15) is 27.2 Å². The fourth-order valence-electron chi connectivity index (χ4n) is 2.46. The van der Waals surface area contributed by atoms with Gasteiger partial charge >= 0.3 is 7.60 Å². The van der Waals surface area contributed by atoms with Crippen molar-refractivity contribution in [2.75, 3.05) is 25.6 Å². The van der Waals surface area contributed by atoms with Crippen LogP contribution in [0.5, 0.6) is 0 Å². The first-order chi connectivity index (χ1) is 12.4. The smallest absolute Gasteiger partial charge is 0.365 e. The molecule has 10 heteroatoms. The summed E-state index contributed by atoms with van der Waals surface area (Å²) in [5.74, 6) is 0.309. The molecule has 3 N–H and O–H groups in total. The van der Waals surface area contributed by atoms with E-state index in [4.69, 9.17) is 14.8 Å². The van der Waals surface area contributed by atoms with Crippen LogP contribution >= 0.6 is 7.60 Å². The Balaban J connectivity index is 2.43. The van der Waals surface area contributed by atoms with E-state index < -0.39 is 7.60 Å². The van der Waals surface area contributed by atoms with Crippen molar-refractivity contribution < 1.29 is 18.7 Å². The number of nitrogens with zero attached hydrogens (tertiary/aromatic N) is 4. The molecule has 0 aliphatic rings. The molecule has 0 atom stereocenters. The van der Waals surface area contributed by atoms with Gasteiger partial charge in [0.15, 0.2) is 11.5 Å². The lowest BCUT2D eigenvalue weighted by molar-refractivity contribution is 0.222. The first kappa shape index (κ1) is 20.3. The highest BCUT2D eigenvalue weighted by Crippen LogP contribution is 2.56. The molecule has 2 heterocycles. The van der Waals surface area contributed by atoms with Gasteiger partial charge in [0.25, 0.3) is 0 Å². The first-order valence-corrected chi connectivity index (χ1v) is 9.86. The van der Waals surface area contributed by atoms with Gasteiger partial charge in [0.1, 0.15) is 11.8 Å². The zero-order chi connectivity index (χ0) is 19.2. The number of hydrogen-bond donors (Lipinski definition) is 2. The fraction of sp³-hybridized carbons (Fsp3) is 0.500. The summed E-state index contributed by atoms with van der Waals surface area (Å²) < 4.78 is 25.5. The molecular formula is C16H24N5O4P. The molecule has 0 aliphatic carbocycles. The second-order valence-corrected chi connectivity index (χ2v) is 7.51. The maximum atomic E-state index is 13.0. The molecule has 0 fully saturated rings. The zero-order valence-electron chi connectivity index (χ0n) is 15.2. The van der Waals surface area contributed by atoms with Gasteiger partial charge in [-0.3, -0.25) is 4.57 Å². The van der Waals surface area contributed by atoms with E-state index in [2.05, 4.69) is 20.7 Å². The van der Waals surface area contributed by atoms with Crippen LogP contribution in [0.4, 0.5) is 5.82 Å². The number of hydrogen-bond acceptors (Lipinski definition) is 8. The predicted molar refractivity (Wildman–Crippen MR) is 98.5 cm³/mol. The summed E-state index contributed by atoms with van der Waals surface area (Å²) in [6, 6.07) is 0. The van der Waals surface area contributed by atoms with Gasteiger partial charge in [-0.1, -0.05) is 0 Å². The second-order valence-electron chi connectivity index (χ2n) is 5.46. The number of aliphatic hydroxyl groups excluding tert-OH is 1. The molecule has 0 spiro atoms. The zero-order valence-corrected chi connectivity index (χ0v) is 16.1. The normalized spacial score (nSPS) is 11.5. The summed E-state index contributed by atoms with van der Waals surface area (Å²) in [7, 11) is -3.49. The molecule has 0 amide bonds. The summed E-state index contributed by atoms with van der Waals surface area (Å²) in [5.41, 5.74) is 10.7. The topological polar surface area (TPSA) is 125 Å². The fourth-order valence-corrected chi connectivity index (χ4v) is 4.23. The Morgan fingerprint density at radius 2 is 2.00 bits per heavy atom. The Kier molecular flexibility index (Phi) is 7.08. The Morgan fingerprint density at radius 3 is 2.62 bits per heavy atom. The minimum absolute atomic E-state index is 0.147. The molecule has 0 saturated heterocycles. The van der Waals surface area contributed by atoms with Crippen molar-refractivity contribution in [1.29, 1.82) is 0 Å². The van der Waals surface area contributed by atoms with E-state index in [9.17, 15) is 9.67 Å². The Hall–Kier alpha value is -2.02. The molecule has 2 aromatic rings. The summed E-state index contributed by atoms with van der Waals surface area (Å²) >= 11 is 0. The average molecular weight is 381 g/mol. The highest BCUT2D eigenvalue weighted by atomic mass is 31.2. The van der Waals surface area contributed by atoms with E-state index in [0.717, 1.165) is 5.57 Å². The second kappa shape index (κ2) is 9.07. The molecule has 2 rings (SSSR count). The predicted octanol–water partition coefficient (Wildman–Crippen LogP) is 2.49. The number of nitrogens with two attached hydrogens (primary N) is 1. The van der Waals surface area contributed by atoms with Crippen LogP contribution in [-0.4, -0.2) is 44.4 Å². The third-order valence-electron chi connectivity index (χ3n) is 3.47. The van der Waals surface area contributed by atoms with Crippen molar-refractivity contribution in [1.82, 2.24) is 19.5 Å². The minimum atomic E-state index is -3.49. The maximum Gasteiger partial charge on any atom is 0.365 e. The molecule has 0 aliphatic heterocycles. The molecular weight excluding hydrogens is 357 g/mol. The lowest BCUT2D eigenvalue weighted by Gasteiger charge is -2.18. The van der Waals surface area contributed by atoms with Crippen molar-refractivity contribution in [3.63, 3.8) is 0 Å². The highest BCUT2D eigenvalue weighted by molar-refractivity contribution is 7.58. The molecule has 0 radical (unpaired) electrons. The van der Waals surface area contributed by atoms with Crippen LogP contribution in [0.2, 0.25) is 0 Å². The van der Waals surface area contributed by atoms with E-state index in [1.165, 1.54) is 6.33 Å². The van der Waals surface area contributed by atoms with Crippen molar-refractivity contribution in [2.45, 2.75) is 33.7 Å². The van der Waals surface area contributed by atoms with Crippen molar-refractivity contribution >= 4 is 24.6 Å². The van der Waals surface area contributed by atoms with Crippen molar-refractivity contribution in [2.24, 2.45) is 0 Å². The monoisotopic (exact) mass is 381 g/mol. The number of aliphatic hydroxyl groups is 1. The van der Waals surface area contributed by atoms with E-state index in [-0.39, 0.29) is 26.2 Å². The summed E-state index contributed by atoms with van der Waals surface area (Å²) in [6.45, 7) is 5.99. The van der Waals surface area contributed by atoms with Gasteiger partial charge in [0.05, 0.1) is 31.4 Å². The third-order valence-corrected chi connectivity index (χ3v) is 5.66. The summed E-state index contributed by atoms with van der Waals surface area (Å²) in [4.78, 5) is 12.3. The number of imidazole rings is 1. The average Bonchev–Trinajstić information content (AvgIpc) is 2.99. The van der Waals surface area contributed by atoms with Gasteiger partial charge in [-0.05, 0) is 26.3 Å². The number of anilines is 1. The van der Waals surface area contributed by atoms with Gasteiger partial charge in [0.2, 0.25) is 0 Å². The van der Waals surface area contributed by atoms with Gasteiger partial charge in [0, 0.05) is 13.0 Å². The van der Waals surface area contributed by atoms with Crippen molar-refractivity contribution in [3.8, 4) is 0 Å². The number of nitrogen functional groups attached to an aromatic ring is 1. The number of rotatable bonds is 9. The van der Waals surface area contributed by atoms with Crippen LogP contribution < -0.4 is 5.73 Å². The van der Waals surface area contributed by atoms with Crippen LogP contribution in [0.25, 0.3) is 11.2 Å². The number of fused-ring (bicyclic) bond motifs is 1. The summed E-state index contributed by atoms with van der Waals surface area (Å²) in [5, 5.41) is 9.65. The molecule has 0 bridgehead atoms. The van der Waals surface area contributed by atoms with Gasteiger partial charge in [-0.15, -0.1) is 5.73 Å². The molecule has 0 unspecified atom stereocenters. The van der Waals surface area contributed by atoms with Crippen LogP contribution in [0.3, 0.4) is 0 Å². The Labute approximate surface area is 152 Å². The van der Waals surface area contributed by atoms with Crippen LogP contribution in [0, 0.1) is 0 Å². The number of aromatic nitrogens is 4. The minimum Gasteiger partial charge on any atom is -0.396 e. The molecule has 2 aromatic heterocycles. The van der Waals surface area contributed by atoms with Gasteiger partial charge in [-0.2, -0.15) is 0 Å². The highest BCUT2D eigenvalue weighted by Gasteiger charge is 2.29. The lowest BCUT2D eigenvalue weighted by atomic mass is 10.3. The van der Waals surface area contributed by atoms with E-state index in [1.54, 1.807) is 24.7 Å². The van der Waals surface area contributed by atoms with E-state index in [1.807, 2.05) is 6.92 Å². The molecule has 0 saturated carbocycles. The van der Waals surface area contributed by atoms with E-state index in [0.29, 0.717) is 28.8 Å². The van der Waals surface area contributed by atoms with E-state index >= 15 is 0 Å². The van der Waals surface area contributed by atoms with Crippen molar-refractivity contribution in [3.05, 3.63) is 29.3 Å². The largest absolute Gasteiger partial charge is 0.396 e. The molecule has 0 aromatic carbocycles. The lowest BCUT2D eigenvalue weighted by Crippen LogP contribution is -2.02.